The highest BCUT2D eigenvalue weighted by molar-refractivity contribution is 7.17. The van der Waals surface area contributed by atoms with Gasteiger partial charge in [-0.3, -0.25) is 4.79 Å². The number of rotatable bonds is 7. The summed E-state index contributed by atoms with van der Waals surface area (Å²) in [5, 5.41) is 13.0. The van der Waals surface area contributed by atoms with E-state index in [1.54, 1.807) is 17.4 Å². The fourth-order valence-electron chi connectivity index (χ4n) is 5.94. The first-order chi connectivity index (χ1) is 20.3. The molecule has 4 aromatic rings. The number of nitrogens with zero attached hydrogens (tertiary/aromatic N) is 6. The lowest BCUT2D eigenvalue weighted by molar-refractivity contribution is -0.131. The van der Waals surface area contributed by atoms with Crippen LogP contribution in [0.15, 0.2) is 54.2 Å². The molecule has 2 saturated heterocycles. The Labute approximate surface area is 246 Å². The summed E-state index contributed by atoms with van der Waals surface area (Å²) in [6.07, 6.45) is 2.11. The lowest BCUT2D eigenvalue weighted by Crippen LogP contribution is -2.55. The Bertz CT molecular complexity index is 1720. The fourth-order valence-corrected chi connectivity index (χ4v) is 6.87. The van der Waals surface area contributed by atoms with Gasteiger partial charge in [0.25, 0.3) is 5.91 Å². The summed E-state index contributed by atoms with van der Waals surface area (Å²) in [5.41, 5.74) is 1.73. The molecule has 0 saturated carbocycles. The quantitative estimate of drug-likeness (QED) is 0.262. The van der Waals surface area contributed by atoms with Crippen molar-refractivity contribution in [2.45, 2.75) is 31.3 Å². The molecule has 8 nitrogen and oxygen atoms in total. The summed E-state index contributed by atoms with van der Waals surface area (Å²) in [6.45, 7) is 5.22. The van der Waals surface area contributed by atoms with Crippen molar-refractivity contribution >= 4 is 44.1 Å². The van der Waals surface area contributed by atoms with E-state index < -0.39 is 23.6 Å². The average molecular weight is 589 g/mol. The van der Waals surface area contributed by atoms with Gasteiger partial charge in [0.05, 0.1) is 24.0 Å². The number of piperazine rings is 1. The predicted octanol–water partition coefficient (Wildman–Crippen LogP) is 5.54. The van der Waals surface area contributed by atoms with E-state index in [4.69, 9.17) is 14.7 Å². The van der Waals surface area contributed by atoms with Crippen LogP contribution >= 0.6 is 11.3 Å². The number of ether oxygens (including phenoxy) is 1. The number of amides is 1. The smallest absolute Gasteiger partial charge is 0.319 e. The van der Waals surface area contributed by atoms with Crippen molar-refractivity contribution in [1.29, 1.82) is 5.26 Å². The van der Waals surface area contributed by atoms with Crippen LogP contribution in [0.3, 0.4) is 0 Å². The van der Waals surface area contributed by atoms with Crippen LogP contribution in [0.25, 0.3) is 32.1 Å². The van der Waals surface area contributed by atoms with E-state index in [2.05, 4.69) is 24.6 Å². The number of hydrogen-bond acceptors (Lipinski definition) is 8. The van der Waals surface area contributed by atoms with E-state index in [0.717, 1.165) is 35.0 Å². The molecule has 2 atom stereocenters. The van der Waals surface area contributed by atoms with Gasteiger partial charge in [0, 0.05) is 46.9 Å². The van der Waals surface area contributed by atoms with Gasteiger partial charge in [0.15, 0.2) is 5.83 Å². The maximum atomic E-state index is 15.9. The van der Waals surface area contributed by atoms with E-state index in [-0.39, 0.29) is 31.6 Å². The fraction of sp³-hybridized carbons (Fsp3) is 0.355. The molecule has 2 aromatic heterocycles. The van der Waals surface area contributed by atoms with Gasteiger partial charge >= 0.3 is 6.01 Å². The van der Waals surface area contributed by atoms with Crippen LogP contribution in [0.1, 0.15) is 19.3 Å². The number of carbonyl (C=O) groups excluding carboxylic acids is 1. The molecule has 0 radical (unpaired) electrons. The molecule has 2 aromatic carbocycles. The molecule has 0 N–H and O–H groups in total. The molecule has 1 amide bonds. The third-order valence-electron chi connectivity index (χ3n) is 8.19. The van der Waals surface area contributed by atoms with Crippen LogP contribution in [0.2, 0.25) is 0 Å². The molecule has 0 bridgehead atoms. The number of nitriles is 1. The predicted molar refractivity (Wildman–Crippen MR) is 160 cm³/mol. The maximum Gasteiger partial charge on any atom is 0.319 e. The molecular weight excluding hydrogens is 558 g/mol. The van der Waals surface area contributed by atoms with Gasteiger partial charge in [-0.15, -0.1) is 11.3 Å². The van der Waals surface area contributed by atoms with Crippen molar-refractivity contribution in [1.82, 2.24) is 19.8 Å². The van der Waals surface area contributed by atoms with E-state index in [9.17, 15) is 14.4 Å². The lowest BCUT2D eigenvalue weighted by atomic mass is 10.0. The average Bonchev–Trinajstić information content (AvgIpc) is 3.64. The summed E-state index contributed by atoms with van der Waals surface area (Å²) in [4.78, 5) is 27.4. The molecule has 216 valence electrons. The summed E-state index contributed by atoms with van der Waals surface area (Å²) in [7, 11) is 2.07. The standard InChI is InChI=1S/C31H30F2N6O2S/c1-19(32)30(40)39-13-12-38(17-21(39)8-10-34)29-25-15-26(33)24(23-7-3-5-20-9-14-42-28(20)23)16-27(25)35-31(36-29)41-18-22-6-4-11-37(22)2/h3,5,7,9,14-16,21-22H,1,4,6,8,11-13,17-18H2,2H3. The van der Waals surface area contributed by atoms with Crippen LogP contribution in [0.5, 0.6) is 6.01 Å². The Morgan fingerprint density at radius 1 is 1.19 bits per heavy atom. The largest absolute Gasteiger partial charge is 0.462 e. The van der Waals surface area contributed by atoms with E-state index in [0.29, 0.717) is 35.4 Å². The monoisotopic (exact) mass is 588 g/mol. The number of benzene rings is 2. The summed E-state index contributed by atoms with van der Waals surface area (Å²) < 4.78 is 36.8. The van der Waals surface area contributed by atoms with Gasteiger partial charge in [-0.25, -0.2) is 8.78 Å². The Morgan fingerprint density at radius 2 is 2.05 bits per heavy atom. The first kappa shape index (κ1) is 28.0. The normalized spacial score (nSPS) is 19.4. The van der Waals surface area contributed by atoms with Gasteiger partial charge in [-0.1, -0.05) is 24.8 Å². The third-order valence-corrected chi connectivity index (χ3v) is 9.15. The molecule has 11 heteroatoms. The molecule has 2 unspecified atom stereocenters. The van der Waals surface area contributed by atoms with Crippen LogP contribution in [0.4, 0.5) is 14.6 Å². The summed E-state index contributed by atoms with van der Waals surface area (Å²) in [5.74, 6) is -1.86. The minimum atomic E-state index is -1.07. The molecular formula is C31H30F2N6O2S. The minimum absolute atomic E-state index is 0.000757. The topological polar surface area (TPSA) is 85.6 Å². The number of anilines is 1. The van der Waals surface area contributed by atoms with Gasteiger partial charge < -0.3 is 19.4 Å². The zero-order valence-electron chi connectivity index (χ0n) is 23.2. The number of thiophene rings is 1. The highest BCUT2D eigenvalue weighted by Gasteiger charge is 2.33. The van der Waals surface area contributed by atoms with Gasteiger partial charge in [0.1, 0.15) is 18.2 Å². The number of halogens is 2. The van der Waals surface area contributed by atoms with E-state index in [1.807, 2.05) is 34.5 Å². The van der Waals surface area contributed by atoms with Crippen molar-refractivity contribution in [2.75, 3.05) is 44.7 Å². The van der Waals surface area contributed by atoms with Crippen molar-refractivity contribution in [3.63, 3.8) is 0 Å². The van der Waals surface area contributed by atoms with E-state index in [1.165, 1.54) is 11.0 Å². The first-order valence-electron chi connectivity index (χ1n) is 13.9. The third kappa shape index (κ3) is 5.28. The number of aromatic nitrogens is 2. The molecule has 6 rings (SSSR count). The zero-order valence-corrected chi connectivity index (χ0v) is 24.0. The first-order valence-corrected chi connectivity index (χ1v) is 14.8. The lowest BCUT2D eigenvalue weighted by Gasteiger charge is -2.41. The summed E-state index contributed by atoms with van der Waals surface area (Å²) in [6, 6.07) is 12.9. The molecule has 4 heterocycles. The molecule has 2 aliphatic rings. The number of carbonyl (C=O) groups is 1. The molecule has 2 aliphatic heterocycles. The number of fused-ring (bicyclic) bond motifs is 2. The Balaban J connectivity index is 1.42. The van der Waals surface area contributed by atoms with Crippen molar-refractivity contribution in [2.24, 2.45) is 0 Å². The summed E-state index contributed by atoms with van der Waals surface area (Å²) >= 11 is 1.56. The zero-order chi connectivity index (χ0) is 29.4. The molecule has 42 heavy (non-hydrogen) atoms. The number of hydrogen-bond donors (Lipinski definition) is 0. The minimum Gasteiger partial charge on any atom is -0.462 e. The highest BCUT2D eigenvalue weighted by Crippen LogP contribution is 2.38. The second-order valence-electron chi connectivity index (χ2n) is 10.8. The second kappa shape index (κ2) is 11.6. The van der Waals surface area contributed by atoms with Crippen molar-refractivity contribution in [3.8, 4) is 23.2 Å². The van der Waals surface area contributed by atoms with Crippen LogP contribution in [-0.2, 0) is 4.79 Å². The Morgan fingerprint density at radius 3 is 2.81 bits per heavy atom. The van der Waals surface area contributed by atoms with Crippen LogP contribution in [0, 0.1) is 17.1 Å². The van der Waals surface area contributed by atoms with Crippen LogP contribution < -0.4 is 9.64 Å². The van der Waals surface area contributed by atoms with Crippen molar-refractivity contribution < 1.29 is 18.3 Å². The molecule has 0 spiro atoms. The second-order valence-corrected chi connectivity index (χ2v) is 11.7. The number of likely N-dealkylation sites (tertiary alicyclic amines) is 1. The van der Waals surface area contributed by atoms with Gasteiger partial charge in [-0.05, 0) is 55.4 Å². The van der Waals surface area contributed by atoms with Gasteiger partial charge in [0.2, 0.25) is 0 Å². The van der Waals surface area contributed by atoms with Crippen molar-refractivity contribution in [3.05, 3.63) is 60.0 Å². The van der Waals surface area contributed by atoms with Crippen LogP contribution in [-0.4, -0.2) is 77.6 Å². The maximum absolute atomic E-state index is 15.9. The SMILES string of the molecule is C=C(F)C(=O)N1CCN(c2nc(OCC3CCCN3C)nc3cc(-c4cccc5ccsc45)c(F)cc23)CC1CC#N. The number of likely N-dealkylation sites (N-methyl/N-ethyl adjacent to an activating group) is 1. The Hall–Kier alpha value is -4.14. The highest BCUT2D eigenvalue weighted by atomic mass is 32.1. The molecule has 0 aliphatic carbocycles. The van der Waals surface area contributed by atoms with E-state index >= 15 is 4.39 Å². The van der Waals surface area contributed by atoms with Gasteiger partial charge in [-0.2, -0.15) is 15.2 Å². The Kier molecular flexibility index (Phi) is 7.75. The molecule has 2 fully saturated rings.